The zero-order valence-electron chi connectivity index (χ0n) is 14.6. The van der Waals surface area contributed by atoms with Crippen LogP contribution in [0.3, 0.4) is 0 Å². The van der Waals surface area contributed by atoms with Crippen LogP contribution in [0.5, 0.6) is 0 Å². The molecule has 3 heterocycles. The van der Waals surface area contributed by atoms with Gasteiger partial charge in [0.1, 0.15) is 5.69 Å². The van der Waals surface area contributed by atoms with Gasteiger partial charge < -0.3 is 14.5 Å². The quantitative estimate of drug-likeness (QED) is 0.814. The molecule has 2 saturated heterocycles. The van der Waals surface area contributed by atoms with Gasteiger partial charge in [-0.2, -0.15) is 0 Å². The first-order chi connectivity index (χ1) is 12.7. The van der Waals surface area contributed by atoms with E-state index in [9.17, 15) is 9.59 Å². The van der Waals surface area contributed by atoms with Gasteiger partial charge >= 0.3 is 0 Å². The van der Waals surface area contributed by atoms with Crippen LogP contribution in [0.2, 0.25) is 0 Å². The molecule has 2 aliphatic heterocycles. The molecular weight excluding hydrogens is 332 g/mol. The summed E-state index contributed by atoms with van der Waals surface area (Å²) in [4.78, 5) is 37.8. The van der Waals surface area contributed by atoms with Crippen LogP contribution in [0.15, 0.2) is 30.5 Å². The number of carbonyl (C=O) groups is 2. The van der Waals surface area contributed by atoms with Gasteiger partial charge in [-0.25, -0.2) is 4.98 Å². The lowest BCUT2D eigenvalue weighted by Crippen LogP contribution is -2.40. The predicted molar refractivity (Wildman–Crippen MR) is 95.6 cm³/mol. The Labute approximate surface area is 152 Å². The number of hydrogen-bond acceptors (Lipinski definition) is 5. The SMILES string of the molecule is O=C(c1cnc2ccccc2n1)N1CCCN(C(=O)C2CCOC2)CC1. The number of rotatable bonds is 2. The molecule has 0 bridgehead atoms. The zero-order chi connectivity index (χ0) is 17.9. The molecule has 1 unspecified atom stereocenters. The van der Waals surface area contributed by atoms with E-state index in [0.717, 1.165) is 18.4 Å². The summed E-state index contributed by atoms with van der Waals surface area (Å²) in [5, 5.41) is 0. The zero-order valence-corrected chi connectivity index (χ0v) is 14.6. The number of ether oxygens (including phenoxy) is 1. The summed E-state index contributed by atoms with van der Waals surface area (Å²) < 4.78 is 5.33. The first-order valence-corrected chi connectivity index (χ1v) is 9.10. The van der Waals surface area contributed by atoms with Crippen molar-refractivity contribution < 1.29 is 14.3 Å². The largest absolute Gasteiger partial charge is 0.381 e. The number of aromatic nitrogens is 2. The molecule has 1 aromatic heterocycles. The monoisotopic (exact) mass is 354 g/mol. The van der Waals surface area contributed by atoms with E-state index in [2.05, 4.69) is 9.97 Å². The highest BCUT2D eigenvalue weighted by molar-refractivity contribution is 5.93. The summed E-state index contributed by atoms with van der Waals surface area (Å²) in [7, 11) is 0. The van der Waals surface area contributed by atoms with Crippen molar-refractivity contribution in [3.8, 4) is 0 Å². The standard InChI is InChI=1S/C19H22N4O3/c24-18(14-6-11-26-13-14)22-7-3-8-23(10-9-22)19(25)17-12-20-15-4-1-2-5-16(15)21-17/h1-2,4-5,12,14H,3,6-11,13H2. The van der Waals surface area contributed by atoms with Gasteiger partial charge in [0.15, 0.2) is 0 Å². The van der Waals surface area contributed by atoms with Gasteiger partial charge in [0, 0.05) is 32.8 Å². The molecule has 7 nitrogen and oxygen atoms in total. The van der Waals surface area contributed by atoms with Crippen molar-refractivity contribution in [1.29, 1.82) is 0 Å². The molecule has 2 aliphatic rings. The molecule has 4 rings (SSSR count). The molecule has 0 N–H and O–H groups in total. The van der Waals surface area contributed by atoms with Crippen LogP contribution in [-0.2, 0) is 9.53 Å². The van der Waals surface area contributed by atoms with Crippen molar-refractivity contribution >= 4 is 22.8 Å². The Morgan fingerprint density at radius 3 is 2.62 bits per heavy atom. The fourth-order valence-corrected chi connectivity index (χ4v) is 3.55. The van der Waals surface area contributed by atoms with Gasteiger partial charge in [-0.15, -0.1) is 0 Å². The minimum Gasteiger partial charge on any atom is -0.381 e. The van der Waals surface area contributed by atoms with E-state index in [1.165, 1.54) is 6.20 Å². The lowest BCUT2D eigenvalue weighted by molar-refractivity contribution is -0.135. The van der Waals surface area contributed by atoms with Crippen molar-refractivity contribution in [3.05, 3.63) is 36.2 Å². The van der Waals surface area contributed by atoms with Crippen molar-refractivity contribution in [2.75, 3.05) is 39.4 Å². The third-order valence-electron chi connectivity index (χ3n) is 5.04. The van der Waals surface area contributed by atoms with E-state index < -0.39 is 0 Å². The molecule has 1 atom stereocenters. The molecule has 0 spiro atoms. The Morgan fingerprint density at radius 2 is 1.81 bits per heavy atom. The van der Waals surface area contributed by atoms with Gasteiger partial charge in [0.25, 0.3) is 5.91 Å². The number of benzene rings is 1. The first kappa shape index (κ1) is 16.9. The normalized spacial score (nSPS) is 21.0. The molecule has 2 aromatic rings. The third kappa shape index (κ3) is 3.39. The summed E-state index contributed by atoms with van der Waals surface area (Å²) in [6, 6.07) is 7.51. The topological polar surface area (TPSA) is 75.6 Å². The van der Waals surface area contributed by atoms with Crippen LogP contribution in [0.25, 0.3) is 11.0 Å². The molecule has 1 aromatic carbocycles. The van der Waals surface area contributed by atoms with Crippen LogP contribution in [-0.4, -0.2) is 71.0 Å². The number of para-hydroxylation sites is 2. The molecule has 0 aliphatic carbocycles. The Bertz CT molecular complexity index is 819. The summed E-state index contributed by atoms with van der Waals surface area (Å²) in [6.45, 7) is 3.57. The number of fused-ring (bicyclic) bond motifs is 1. The molecular formula is C19H22N4O3. The smallest absolute Gasteiger partial charge is 0.274 e. The van der Waals surface area contributed by atoms with E-state index in [0.29, 0.717) is 50.6 Å². The van der Waals surface area contributed by atoms with Crippen molar-refractivity contribution in [1.82, 2.24) is 19.8 Å². The van der Waals surface area contributed by atoms with Crippen LogP contribution in [0.4, 0.5) is 0 Å². The van der Waals surface area contributed by atoms with Gasteiger partial charge in [0.05, 0.1) is 29.8 Å². The number of hydrogen-bond donors (Lipinski definition) is 0. The van der Waals surface area contributed by atoms with Crippen LogP contribution < -0.4 is 0 Å². The number of amides is 2. The minimum atomic E-state index is -0.123. The Morgan fingerprint density at radius 1 is 1.04 bits per heavy atom. The highest BCUT2D eigenvalue weighted by atomic mass is 16.5. The second-order valence-corrected chi connectivity index (χ2v) is 6.78. The van der Waals surface area contributed by atoms with Gasteiger partial charge in [-0.3, -0.25) is 14.6 Å². The fraction of sp³-hybridized carbons (Fsp3) is 0.474. The average molecular weight is 354 g/mol. The highest BCUT2D eigenvalue weighted by Crippen LogP contribution is 2.18. The Kier molecular flexibility index (Phi) is 4.79. The predicted octanol–water partition coefficient (Wildman–Crippen LogP) is 1.34. The fourth-order valence-electron chi connectivity index (χ4n) is 3.55. The summed E-state index contributed by atoms with van der Waals surface area (Å²) in [6.07, 6.45) is 3.10. The molecule has 0 saturated carbocycles. The van der Waals surface area contributed by atoms with E-state index >= 15 is 0 Å². The van der Waals surface area contributed by atoms with Crippen molar-refractivity contribution in [2.24, 2.45) is 5.92 Å². The summed E-state index contributed by atoms with van der Waals surface area (Å²) in [5.41, 5.74) is 1.84. The Balaban J connectivity index is 1.44. The van der Waals surface area contributed by atoms with E-state index in [4.69, 9.17) is 4.74 Å². The lowest BCUT2D eigenvalue weighted by Gasteiger charge is -2.24. The van der Waals surface area contributed by atoms with Crippen molar-refractivity contribution in [3.63, 3.8) is 0 Å². The molecule has 26 heavy (non-hydrogen) atoms. The van der Waals surface area contributed by atoms with Gasteiger partial charge in [-0.1, -0.05) is 12.1 Å². The molecule has 2 fully saturated rings. The molecule has 2 amide bonds. The van der Waals surface area contributed by atoms with E-state index in [1.807, 2.05) is 29.2 Å². The van der Waals surface area contributed by atoms with Crippen LogP contribution in [0.1, 0.15) is 23.3 Å². The number of carbonyl (C=O) groups excluding carboxylic acids is 2. The molecule has 7 heteroatoms. The van der Waals surface area contributed by atoms with Gasteiger partial charge in [0.2, 0.25) is 5.91 Å². The summed E-state index contributed by atoms with van der Waals surface area (Å²) >= 11 is 0. The second kappa shape index (κ2) is 7.37. The van der Waals surface area contributed by atoms with Crippen LogP contribution in [0, 0.1) is 5.92 Å². The van der Waals surface area contributed by atoms with Crippen LogP contribution >= 0.6 is 0 Å². The number of nitrogens with zero attached hydrogens (tertiary/aromatic N) is 4. The third-order valence-corrected chi connectivity index (χ3v) is 5.04. The Hall–Kier alpha value is -2.54. The maximum absolute atomic E-state index is 12.8. The summed E-state index contributed by atoms with van der Waals surface area (Å²) in [5.74, 6) is 0.00709. The lowest BCUT2D eigenvalue weighted by atomic mass is 10.1. The average Bonchev–Trinajstić information content (AvgIpc) is 3.11. The maximum atomic E-state index is 12.8. The van der Waals surface area contributed by atoms with Crippen molar-refractivity contribution in [2.45, 2.75) is 12.8 Å². The van der Waals surface area contributed by atoms with E-state index in [1.54, 1.807) is 4.90 Å². The highest BCUT2D eigenvalue weighted by Gasteiger charge is 2.30. The second-order valence-electron chi connectivity index (χ2n) is 6.78. The molecule has 0 radical (unpaired) electrons. The maximum Gasteiger partial charge on any atom is 0.274 e. The van der Waals surface area contributed by atoms with Gasteiger partial charge in [-0.05, 0) is 25.0 Å². The van der Waals surface area contributed by atoms with E-state index in [-0.39, 0.29) is 17.7 Å². The minimum absolute atomic E-state index is 0.0244. The first-order valence-electron chi connectivity index (χ1n) is 9.10. The molecule has 136 valence electrons.